The highest BCUT2D eigenvalue weighted by Crippen LogP contribution is 2.31. The third-order valence-corrected chi connectivity index (χ3v) is 3.48. The minimum Gasteiger partial charge on any atom is -0.460 e. The minimum atomic E-state index is -1.11. The first-order chi connectivity index (χ1) is 9.42. The van der Waals surface area contributed by atoms with Crippen LogP contribution >= 0.6 is 31.9 Å². The van der Waals surface area contributed by atoms with E-state index in [1.807, 2.05) is 0 Å². The van der Waals surface area contributed by atoms with E-state index in [4.69, 9.17) is 9.47 Å². The Hall–Kier alpha value is -0.950. The second-order valence-corrected chi connectivity index (χ2v) is 7.44. The van der Waals surface area contributed by atoms with Gasteiger partial charge in [0.1, 0.15) is 17.6 Å². The van der Waals surface area contributed by atoms with Gasteiger partial charge in [-0.3, -0.25) is 14.4 Å². The van der Waals surface area contributed by atoms with Crippen LogP contribution in [-0.2, 0) is 23.9 Å². The minimum absolute atomic E-state index is 0.240. The van der Waals surface area contributed by atoms with Gasteiger partial charge in [0.2, 0.25) is 5.78 Å². The molecule has 0 heterocycles. The van der Waals surface area contributed by atoms with Crippen LogP contribution in [0.4, 0.5) is 0 Å². The molecule has 0 N–H and O–H groups in total. The van der Waals surface area contributed by atoms with Gasteiger partial charge >= 0.3 is 11.9 Å². The maximum absolute atomic E-state index is 11.8. The van der Waals surface area contributed by atoms with Crippen molar-refractivity contribution in [2.75, 3.05) is 0 Å². The molecule has 0 aromatic rings. The average Bonchev–Trinajstić information content (AvgIpc) is 2.21. The Balaban J connectivity index is 2.71. The summed E-state index contributed by atoms with van der Waals surface area (Å²) in [6.45, 7) is 6.74. The lowest BCUT2D eigenvalue weighted by molar-refractivity contribution is -0.164. The first-order valence-electron chi connectivity index (χ1n) is 6.17. The van der Waals surface area contributed by atoms with E-state index >= 15 is 0 Å². The number of ether oxygens (including phenoxy) is 2. The summed E-state index contributed by atoms with van der Waals surface area (Å²) >= 11 is 6.22. The predicted molar refractivity (Wildman–Crippen MR) is 84.0 cm³/mol. The van der Waals surface area contributed by atoms with Gasteiger partial charge in [-0.2, -0.15) is 0 Å². The molecule has 0 radical (unpaired) electrons. The summed E-state index contributed by atoms with van der Waals surface area (Å²) in [5, 5.41) is 0. The van der Waals surface area contributed by atoms with Gasteiger partial charge in [-0.1, -0.05) is 0 Å². The molecule has 0 bridgehead atoms. The average molecular weight is 424 g/mol. The Bertz CT molecular complexity index is 518. The molecule has 0 saturated heterocycles. The first kappa shape index (κ1) is 18.1. The van der Waals surface area contributed by atoms with Crippen molar-refractivity contribution in [3.63, 3.8) is 0 Å². The number of hydrogen-bond acceptors (Lipinski definition) is 5. The lowest BCUT2D eigenvalue weighted by Crippen LogP contribution is -2.33. The normalized spacial score (nSPS) is 17.7. The molecule has 1 aliphatic carbocycles. The Morgan fingerprint density at radius 3 is 2.05 bits per heavy atom. The molecule has 0 fully saturated rings. The molecule has 0 aliphatic heterocycles. The Morgan fingerprint density at radius 2 is 1.62 bits per heavy atom. The summed E-state index contributed by atoms with van der Waals surface area (Å²) in [5.74, 6) is -1.63. The Kier molecular flexibility index (Phi) is 5.55. The lowest BCUT2D eigenvalue weighted by Gasteiger charge is -2.26. The maximum atomic E-state index is 11.8. The van der Waals surface area contributed by atoms with E-state index in [0.717, 1.165) is 0 Å². The number of ketones is 1. The number of carbonyl (C=O) groups is 3. The molecule has 5 nitrogen and oxygen atoms in total. The van der Waals surface area contributed by atoms with Crippen LogP contribution in [0.15, 0.2) is 21.1 Å². The highest BCUT2D eigenvalue weighted by atomic mass is 79.9. The summed E-state index contributed by atoms with van der Waals surface area (Å²) in [6.07, 6.45) is 2.44. The number of allylic oxidation sites excluding steroid dienone is 2. The summed E-state index contributed by atoms with van der Waals surface area (Å²) < 4.78 is 10.9. The molecular formula is C14H16Br2O5. The van der Waals surface area contributed by atoms with Crippen LogP contribution in [0.3, 0.4) is 0 Å². The molecule has 0 aromatic carbocycles. The Labute approximate surface area is 140 Å². The topological polar surface area (TPSA) is 69.7 Å². The van der Waals surface area contributed by atoms with Crippen LogP contribution in [0.5, 0.6) is 0 Å². The second-order valence-electron chi connectivity index (χ2n) is 5.73. The van der Waals surface area contributed by atoms with Crippen LogP contribution in [0.25, 0.3) is 0 Å². The van der Waals surface area contributed by atoms with E-state index < -0.39 is 29.6 Å². The van der Waals surface area contributed by atoms with E-state index in [2.05, 4.69) is 31.9 Å². The number of esters is 2. The smallest absolute Gasteiger partial charge is 0.318 e. The zero-order valence-electron chi connectivity index (χ0n) is 12.2. The van der Waals surface area contributed by atoms with E-state index in [9.17, 15) is 14.4 Å². The fraction of sp³-hybridized carbons (Fsp3) is 0.500. The van der Waals surface area contributed by atoms with Gasteiger partial charge in [0.05, 0.1) is 8.96 Å². The zero-order valence-corrected chi connectivity index (χ0v) is 15.3. The molecule has 0 aromatic heterocycles. The van der Waals surface area contributed by atoms with Gasteiger partial charge in [0.15, 0.2) is 0 Å². The number of carbonyl (C=O) groups excluding carboxylic acids is 3. The molecule has 0 atom stereocenters. The van der Waals surface area contributed by atoms with Crippen LogP contribution in [0, 0.1) is 0 Å². The molecule has 1 aliphatic rings. The molecular weight excluding hydrogens is 408 g/mol. The van der Waals surface area contributed by atoms with Gasteiger partial charge < -0.3 is 9.47 Å². The molecule has 7 heteroatoms. The fourth-order valence-corrected chi connectivity index (χ4v) is 3.23. The van der Waals surface area contributed by atoms with Crippen LogP contribution in [0.1, 0.15) is 34.1 Å². The lowest BCUT2D eigenvalue weighted by atomic mass is 9.99. The highest BCUT2D eigenvalue weighted by molar-refractivity contribution is 9.13. The van der Waals surface area contributed by atoms with Crippen molar-refractivity contribution in [2.24, 2.45) is 0 Å². The monoisotopic (exact) mass is 422 g/mol. The quantitative estimate of drug-likeness (QED) is 0.515. The van der Waals surface area contributed by atoms with Crippen molar-refractivity contribution in [1.29, 1.82) is 0 Å². The van der Waals surface area contributed by atoms with E-state index in [1.54, 1.807) is 27.7 Å². The third-order valence-electron chi connectivity index (χ3n) is 2.30. The van der Waals surface area contributed by atoms with Crippen molar-refractivity contribution in [2.45, 2.75) is 45.3 Å². The van der Waals surface area contributed by atoms with Crippen molar-refractivity contribution in [3.8, 4) is 0 Å². The summed E-state index contributed by atoms with van der Waals surface area (Å²) in [4.78, 5) is 35.0. The molecule has 0 spiro atoms. The first-order valence-corrected chi connectivity index (χ1v) is 7.75. The van der Waals surface area contributed by atoms with Crippen LogP contribution < -0.4 is 0 Å². The number of hydrogen-bond donors (Lipinski definition) is 0. The van der Waals surface area contributed by atoms with Gasteiger partial charge in [0, 0.05) is 0 Å². The summed E-state index contributed by atoms with van der Waals surface area (Å²) in [7, 11) is 0. The van der Waals surface area contributed by atoms with Gasteiger partial charge in [-0.25, -0.2) is 0 Å². The summed E-state index contributed by atoms with van der Waals surface area (Å²) in [5.41, 5.74) is -1.77. The zero-order chi connectivity index (χ0) is 16.4. The van der Waals surface area contributed by atoms with Crippen molar-refractivity contribution in [1.82, 2.24) is 0 Å². The van der Waals surface area contributed by atoms with Crippen molar-refractivity contribution < 1.29 is 23.9 Å². The molecule has 0 amide bonds. The van der Waals surface area contributed by atoms with Crippen LogP contribution in [-0.4, -0.2) is 28.9 Å². The standard InChI is InChI=1S/C14H16Br2O5/c1-13(2,3)20-10(17)5-11(18)21-14(4)6-8(15)12(19)9(16)7-14/h6-7H,5H2,1-4H3. The number of rotatable bonds is 3. The van der Waals surface area contributed by atoms with E-state index in [0.29, 0.717) is 0 Å². The van der Waals surface area contributed by atoms with Crippen LogP contribution in [0.2, 0.25) is 0 Å². The predicted octanol–water partition coefficient (Wildman–Crippen LogP) is 3.16. The summed E-state index contributed by atoms with van der Waals surface area (Å²) in [6, 6.07) is 0. The van der Waals surface area contributed by atoms with Gasteiger partial charge in [-0.15, -0.1) is 0 Å². The molecule has 116 valence electrons. The molecule has 0 unspecified atom stereocenters. The van der Waals surface area contributed by atoms with E-state index in [-0.39, 0.29) is 14.7 Å². The highest BCUT2D eigenvalue weighted by Gasteiger charge is 2.32. The van der Waals surface area contributed by atoms with Gasteiger partial charge in [-0.05, 0) is 71.7 Å². The number of Topliss-reactive ketones (excluding diaryl/α,β-unsaturated/α-hetero) is 1. The molecule has 1 rings (SSSR count). The van der Waals surface area contributed by atoms with Crippen molar-refractivity contribution >= 4 is 49.6 Å². The van der Waals surface area contributed by atoms with Gasteiger partial charge in [0.25, 0.3) is 0 Å². The van der Waals surface area contributed by atoms with Crippen molar-refractivity contribution in [3.05, 3.63) is 21.1 Å². The largest absolute Gasteiger partial charge is 0.460 e. The Morgan fingerprint density at radius 1 is 1.14 bits per heavy atom. The molecule has 0 saturated carbocycles. The maximum Gasteiger partial charge on any atom is 0.318 e. The molecule has 21 heavy (non-hydrogen) atoms. The fourth-order valence-electron chi connectivity index (χ4n) is 1.63. The van der Waals surface area contributed by atoms with E-state index in [1.165, 1.54) is 12.2 Å². The third kappa shape index (κ3) is 5.74. The number of halogens is 2. The SMILES string of the molecule is CC(C)(C)OC(=O)CC(=O)OC1(C)C=C(Br)C(=O)C(Br)=C1. The second kappa shape index (κ2) is 6.44.